The Kier molecular flexibility index (Phi) is 1.40. The lowest BCUT2D eigenvalue weighted by molar-refractivity contribution is -0.319. The first-order valence-electron chi connectivity index (χ1n) is 6.81. The van der Waals surface area contributed by atoms with E-state index in [2.05, 4.69) is 49.4 Å². The number of benzene rings is 1. The van der Waals surface area contributed by atoms with E-state index in [-0.39, 0.29) is 17.1 Å². The second kappa shape index (κ2) is 2.59. The minimum atomic E-state index is -0.187. The van der Waals surface area contributed by atoms with Crippen LogP contribution in [-0.4, -0.2) is 11.7 Å². The molecule has 1 saturated heterocycles. The maximum atomic E-state index is 5.85. The van der Waals surface area contributed by atoms with E-state index in [1.807, 2.05) is 0 Å². The van der Waals surface area contributed by atoms with Gasteiger partial charge in [0.2, 0.25) is 0 Å². The van der Waals surface area contributed by atoms with Gasteiger partial charge < -0.3 is 0 Å². The summed E-state index contributed by atoms with van der Waals surface area (Å²) in [5.41, 5.74) is 1.84. The van der Waals surface area contributed by atoms with Crippen LogP contribution >= 0.6 is 0 Å². The van der Waals surface area contributed by atoms with Gasteiger partial charge in [-0.05, 0) is 29.9 Å². The van der Waals surface area contributed by atoms with E-state index in [0.29, 0.717) is 11.3 Å². The molecule has 0 amide bonds. The normalized spacial score (nSPS) is 54.5. The summed E-state index contributed by atoms with van der Waals surface area (Å²) >= 11 is 0. The second-order valence-corrected chi connectivity index (χ2v) is 6.63. The Hall–Kier alpha value is -1.12. The molecule has 1 aromatic rings. The van der Waals surface area contributed by atoms with Gasteiger partial charge in [0.1, 0.15) is 11.7 Å². The number of rotatable bonds is 1. The molecule has 4 aliphatic rings. The summed E-state index contributed by atoms with van der Waals surface area (Å²) in [6.07, 6.45) is 7.18. The molecule has 0 aromatic heterocycles. The molecule has 2 heteroatoms. The van der Waals surface area contributed by atoms with Crippen molar-refractivity contribution in [2.45, 2.75) is 37.4 Å². The average molecular weight is 240 g/mol. The quantitative estimate of drug-likeness (QED) is 0.554. The fraction of sp³-hybridized carbons (Fsp3) is 0.500. The summed E-state index contributed by atoms with van der Waals surface area (Å²) in [5.74, 6) is 0.446. The van der Waals surface area contributed by atoms with Crippen LogP contribution in [0.2, 0.25) is 0 Å². The van der Waals surface area contributed by atoms with Crippen LogP contribution < -0.4 is 0 Å². The van der Waals surface area contributed by atoms with Crippen molar-refractivity contribution < 1.29 is 9.78 Å². The molecule has 2 nitrogen and oxygen atoms in total. The lowest BCUT2D eigenvalue weighted by Crippen LogP contribution is -2.37. The van der Waals surface area contributed by atoms with E-state index in [1.165, 1.54) is 18.4 Å². The van der Waals surface area contributed by atoms with Crippen LogP contribution in [0.1, 0.15) is 31.2 Å². The molecule has 1 aliphatic heterocycles. The van der Waals surface area contributed by atoms with Gasteiger partial charge in [-0.3, -0.25) is 0 Å². The van der Waals surface area contributed by atoms with E-state index < -0.39 is 0 Å². The van der Waals surface area contributed by atoms with Crippen molar-refractivity contribution in [1.29, 1.82) is 0 Å². The van der Waals surface area contributed by atoms with Gasteiger partial charge in [-0.1, -0.05) is 43.3 Å². The van der Waals surface area contributed by atoms with Gasteiger partial charge in [0.05, 0.1) is 0 Å². The van der Waals surface area contributed by atoms with Crippen LogP contribution in [-0.2, 0) is 9.78 Å². The molecule has 1 heterocycles. The van der Waals surface area contributed by atoms with Crippen molar-refractivity contribution in [3.63, 3.8) is 0 Å². The Bertz CT molecular complexity index is 566. The van der Waals surface area contributed by atoms with Crippen LogP contribution in [0.5, 0.6) is 0 Å². The molecule has 2 bridgehead atoms. The summed E-state index contributed by atoms with van der Waals surface area (Å²) < 4.78 is 0. The Balaban J connectivity index is 1.70. The monoisotopic (exact) mass is 240 g/mol. The highest BCUT2D eigenvalue weighted by Gasteiger charge is 2.88. The van der Waals surface area contributed by atoms with Gasteiger partial charge in [-0.25, -0.2) is 9.78 Å². The summed E-state index contributed by atoms with van der Waals surface area (Å²) in [6.45, 7) is 2.41. The highest BCUT2D eigenvalue weighted by atomic mass is 17.2. The molecule has 5 atom stereocenters. The minimum Gasteiger partial charge on any atom is -0.227 e. The number of hydrogen-bond donors (Lipinski definition) is 0. The van der Waals surface area contributed by atoms with Gasteiger partial charge in [0.25, 0.3) is 0 Å². The molecule has 0 radical (unpaired) electrons. The molecule has 0 N–H and O–H groups in total. The molecule has 0 unspecified atom stereocenters. The molecular weight excluding hydrogens is 224 g/mol. The first-order chi connectivity index (χ1) is 8.72. The van der Waals surface area contributed by atoms with Gasteiger partial charge in [-0.15, -0.1) is 0 Å². The summed E-state index contributed by atoms with van der Waals surface area (Å²) in [4.78, 5) is 11.4. The van der Waals surface area contributed by atoms with Crippen LogP contribution in [0, 0.1) is 10.8 Å². The third-order valence-corrected chi connectivity index (χ3v) is 5.99. The molecule has 3 aliphatic carbocycles. The first kappa shape index (κ1) is 9.76. The van der Waals surface area contributed by atoms with Crippen molar-refractivity contribution in [3.8, 4) is 0 Å². The maximum Gasteiger partial charge on any atom is 0.138 e. The van der Waals surface area contributed by atoms with Crippen LogP contribution in [0.15, 0.2) is 42.5 Å². The van der Waals surface area contributed by atoms with Crippen molar-refractivity contribution in [1.82, 2.24) is 0 Å². The third kappa shape index (κ3) is 0.749. The van der Waals surface area contributed by atoms with Crippen molar-refractivity contribution >= 4 is 0 Å². The molecule has 2 saturated carbocycles. The van der Waals surface area contributed by atoms with E-state index in [0.717, 1.165) is 0 Å². The smallest absolute Gasteiger partial charge is 0.138 e. The fourth-order valence-electron chi connectivity index (χ4n) is 5.13. The predicted molar refractivity (Wildman–Crippen MR) is 66.8 cm³/mol. The highest BCUT2D eigenvalue weighted by Crippen LogP contribution is 2.86. The molecule has 18 heavy (non-hydrogen) atoms. The Morgan fingerprint density at radius 1 is 1.22 bits per heavy atom. The highest BCUT2D eigenvalue weighted by molar-refractivity contribution is 5.48. The molecular formula is C16H16O2. The van der Waals surface area contributed by atoms with Gasteiger partial charge >= 0.3 is 0 Å². The SMILES string of the molecule is C[C@@]12C[C@@H](c3ccccc3)[C@]34C=C[C@H](OO3)[C@@]14C2. The second-order valence-electron chi connectivity index (χ2n) is 6.63. The number of hydrogen-bond acceptors (Lipinski definition) is 2. The molecule has 92 valence electrons. The standard InChI is InChI=1S/C16H16O2/c1-14-9-12(11-5-3-2-4-6-11)16-8-7-13(17-18-16)15(14,16)10-14/h2-8,12-13H,9-10H2,1H3/t12-,13-,14-,15-,16-/m0/s1. The van der Waals surface area contributed by atoms with Gasteiger partial charge in [0, 0.05) is 11.3 Å². The maximum absolute atomic E-state index is 5.85. The third-order valence-electron chi connectivity index (χ3n) is 5.99. The Morgan fingerprint density at radius 2 is 2.06 bits per heavy atom. The van der Waals surface area contributed by atoms with Crippen molar-refractivity contribution in [2.75, 3.05) is 0 Å². The van der Waals surface area contributed by atoms with E-state index in [9.17, 15) is 0 Å². The largest absolute Gasteiger partial charge is 0.227 e. The summed E-state index contributed by atoms with van der Waals surface area (Å²) in [5, 5.41) is 0. The van der Waals surface area contributed by atoms with Gasteiger partial charge in [0.15, 0.2) is 0 Å². The van der Waals surface area contributed by atoms with E-state index in [1.54, 1.807) is 0 Å². The first-order valence-corrected chi connectivity index (χ1v) is 6.81. The Labute approximate surface area is 107 Å². The molecule has 1 aromatic carbocycles. The van der Waals surface area contributed by atoms with Crippen LogP contribution in [0.3, 0.4) is 0 Å². The lowest BCUT2D eigenvalue weighted by Gasteiger charge is -2.31. The topological polar surface area (TPSA) is 18.5 Å². The van der Waals surface area contributed by atoms with Crippen LogP contribution in [0.4, 0.5) is 0 Å². The van der Waals surface area contributed by atoms with Crippen molar-refractivity contribution in [3.05, 3.63) is 48.0 Å². The van der Waals surface area contributed by atoms with Crippen molar-refractivity contribution in [2.24, 2.45) is 10.8 Å². The summed E-state index contributed by atoms with van der Waals surface area (Å²) in [6, 6.07) is 10.8. The van der Waals surface area contributed by atoms with E-state index >= 15 is 0 Å². The lowest BCUT2D eigenvalue weighted by atomic mass is 9.77. The average Bonchev–Trinajstić information content (AvgIpc) is 2.67. The summed E-state index contributed by atoms with van der Waals surface area (Å²) in [7, 11) is 0. The predicted octanol–water partition coefficient (Wildman–Crippen LogP) is 3.21. The molecule has 3 fully saturated rings. The van der Waals surface area contributed by atoms with Crippen LogP contribution in [0.25, 0.3) is 0 Å². The Morgan fingerprint density at radius 3 is 2.78 bits per heavy atom. The zero-order valence-corrected chi connectivity index (χ0v) is 10.4. The molecule has 1 spiro atoms. The minimum absolute atomic E-state index is 0.187. The zero-order chi connectivity index (χ0) is 12.0. The fourth-order valence-corrected chi connectivity index (χ4v) is 5.13. The zero-order valence-electron chi connectivity index (χ0n) is 10.4. The van der Waals surface area contributed by atoms with Gasteiger partial charge in [-0.2, -0.15) is 0 Å². The van der Waals surface area contributed by atoms with E-state index in [4.69, 9.17) is 9.78 Å². The molecule has 5 rings (SSSR count).